The molecule has 0 radical (unpaired) electrons. The number of hydrogen-bond donors (Lipinski definition) is 0. The molecular weight excluding hydrogens is 500 g/mol. The Morgan fingerprint density at radius 1 is 0.900 bits per heavy atom. The molecule has 0 spiro atoms. The van der Waals surface area contributed by atoms with Crippen molar-refractivity contribution in [2.24, 2.45) is 7.05 Å². The molecule has 1 unspecified atom stereocenters. The van der Waals surface area contributed by atoms with Gasteiger partial charge in [0, 0.05) is 36.8 Å². The van der Waals surface area contributed by atoms with Gasteiger partial charge in [-0.2, -0.15) is 0 Å². The number of amides is 1. The van der Waals surface area contributed by atoms with Gasteiger partial charge >= 0.3 is 0 Å². The molecule has 6 aromatic rings. The Morgan fingerprint density at radius 3 is 2.38 bits per heavy atom. The van der Waals surface area contributed by atoms with Crippen LogP contribution in [0.4, 0.5) is 5.88 Å². The number of imidazole rings is 1. The number of carbonyl (C=O) groups excluding carboxylic acids is 1. The van der Waals surface area contributed by atoms with Crippen LogP contribution in [0.2, 0.25) is 0 Å². The van der Waals surface area contributed by atoms with Crippen LogP contribution in [0.25, 0.3) is 33.4 Å². The number of methoxy groups -OCH3 is 1. The minimum atomic E-state index is -0.461. The summed E-state index contributed by atoms with van der Waals surface area (Å²) in [5, 5.41) is 0.844. The van der Waals surface area contributed by atoms with E-state index in [-0.39, 0.29) is 0 Å². The van der Waals surface area contributed by atoms with E-state index in [2.05, 4.69) is 41.4 Å². The van der Waals surface area contributed by atoms with E-state index < -0.39 is 6.04 Å². The molecule has 7 heteroatoms. The molecule has 198 valence electrons. The van der Waals surface area contributed by atoms with Crippen molar-refractivity contribution < 1.29 is 13.9 Å². The van der Waals surface area contributed by atoms with Gasteiger partial charge in [-0.1, -0.05) is 60.7 Å². The Bertz CT molecular complexity index is 1740. The van der Waals surface area contributed by atoms with Gasteiger partial charge in [-0.3, -0.25) is 14.7 Å². The molecular formula is C33H28N4O3. The number of rotatable bonds is 9. The molecule has 0 saturated carbocycles. The van der Waals surface area contributed by atoms with Gasteiger partial charge < -0.3 is 13.7 Å². The summed E-state index contributed by atoms with van der Waals surface area (Å²) >= 11 is 0. The number of fused-ring (bicyclic) bond motifs is 1. The zero-order valence-electron chi connectivity index (χ0n) is 22.3. The van der Waals surface area contributed by atoms with Gasteiger partial charge in [-0.15, -0.1) is 0 Å². The summed E-state index contributed by atoms with van der Waals surface area (Å²) in [4.78, 5) is 23.6. The van der Waals surface area contributed by atoms with Crippen molar-refractivity contribution in [1.29, 1.82) is 0 Å². The molecule has 0 aliphatic carbocycles. The highest BCUT2D eigenvalue weighted by Crippen LogP contribution is 2.35. The predicted octanol–water partition coefficient (Wildman–Crippen LogP) is 6.85. The van der Waals surface area contributed by atoms with Crippen molar-refractivity contribution in [3.05, 3.63) is 121 Å². The Hall–Kier alpha value is -5.17. The summed E-state index contributed by atoms with van der Waals surface area (Å²) in [5.74, 6) is 1.86. The predicted molar refractivity (Wildman–Crippen MR) is 156 cm³/mol. The fourth-order valence-corrected chi connectivity index (χ4v) is 5.04. The van der Waals surface area contributed by atoms with Crippen molar-refractivity contribution in [3.63, 3.8) is 0 Å². The van der Waals surface area contributed by atoms with Gasteiger partial charge in [0.05, 0.1) is 19.0 Å². The number of furan rings is 1. The van der Waals surface area contributed by atoms with Crippen LogP contribution in [0, 0.1) is 0 Å². The Morgan fingerprint density at radius 2 is 1.65 bits per heavy atom. The van der Waals surface area contributed by atoms with Crippen LogP contribution in [0.3, 0.4) is 0 Å². The zero-order valence-corrected chi connectivity index (χ0v) is 22.3. The lowest BCUT2D eigenvalue weighted by Gasteiger charge is -2.26. The lowest BCUT2D eigenvalue weighted by atomic mass is 10.0. The summed E-state index contributed by atoms with van der Waals surface area (Å²) in [6.45, 7) is 0. The van der Waals surface area contributed by atoms with Crippen LogP contribution < -0.4 is 9.64 Å². The number of ether oxygens (including phenoxy) is 1. The zero-order chi connectivity index (χ0) is 27.5. The van der Waals surface area contributed by atoms with Crippen LogP contribution in [0.5, 0.6) is 5.75 Å². The van der Waals surface area contributed by atoms with Gasteiger partial charge in [-0.25, -0.2) is 4.98 Å². The molecule has 7 nitrogen and oxygen atoms in total. The number of hydrogen-bond acceptors (Lipinski definition) is 5. The smallest absolute Gasteiger partial charge is 0.217 e. The summed E-state index contributed by atoms with van der Waals surface area (Å²) in [6.07, 6.45) is 4.86. The van der Waals surface area contributed by atoms with Gasteiger partial charge in [0.1, 0.15) is 23.2 Å². The quantitative estimate of drug-likeness (QED) is 0.192. The third-order valence-electron chi connectivity index (χ3n) is 7.15. The Kier molecular flexibility index (Phi) is 6.85. The SMILES string of the molecule is COc1ccc2oc(N(C=O)C(Cc3ccccn3)c3ncc(-c4ccc(-c5ccccc5)cc4)n3C)cc2c1. The average Bonchev–Trinajstić information content (AvgIpc) is 3.61. The van der Waals surface area contributed by atoms with Crippen molar-refractivity contribution in [1.82, 2.24) is 14.5 Å². The molecule has 3 aromatic carbocycles. The average molecular weight is 529 g/mol. The second-order valence-electron chi connectivity index (χ2n) is 9.55. The van der Waals surface area contributed by atoms with Crippen molar-refractivity contribution >= 4 is 23.3 Å². The van der Waals surface area contributed by atoms with Crippen LogP contribution in [0.15, 0.2) is 114 Å². The molecule has 0 aliphatic rings. The van der Waals surface area contributed by atoms with Crippen LogP contribution in [0.1, 0.15) is 17.6 Å². The van der Waals surface area contributed by atoms with E-state index in [1.165, 1.54) is 5.56 Å². The van der Waals surface area contributed by atoms with Crippen molar-refractivity contribution in [2.75, 3.05) is 12.0 Å². The normalized spacial score (nSPS) is 11.8. The van der Waals surface area contributed by atoms with Gasteiger partial charge in [-0.05, 0) is 47.0 Å². The first-order chi connectivity index (χ1) is 19.6. The number of benzene rings is 3. The molecule has 3 aromatic heterocycles. The van der Waals surface area contributed by atoms with E-state index in [1.807, 2.05) is 78.5 Å². The van der Waals surface area contributed by atoms with Crippen molar-refractivity contribution in [2.45, 2.75) is 12.5 Å². The number of carbonyl (C=O) groups is 1. The fraction of sp³-hybridized carbons (Fsp3) is 0.121. The third kappa shape index (κ3) is 4.85. The number of aromatic nitrogens is 3. The maximum atomic E-state index is 12.7. The van der Waals surface area contributed by atoms with E-state index >= 15 is 0 Å². The second kappa shape index (κ2) is 10.9. The van der Waals surface area contributed by atoms with E-state index in [9.17, 15) is 4.79 Å². The third-order valence-corrected chi connectivity index (χ3v) is 7.15. The minimum absolute atomic E-state index is 0.427. The first-order valence-corrected chi connectivity index (χ1v) is 13.0. The molecule has 1 atom stereocenters. The fourth-order valence-electron chi connectivity index (χ4n) is 5.04. The molecule has 0 aliphatic heterocycles. The lowest BCUT2D eigenvalue weighted by molar-refractivity contribution is -0.108. The highest BCUT2D eigenvalue weighted by atomic mass is 16.5. The van der Waals surface area contributed by atoms with Crippen LogP contribution >= 0.6 is 0 Å². The highest BCUT2D eigenvalue weighted by molar-refractivity contribution is 5.86. The van der Waals surface area contributed by atoms with Gasteiger partial charge in [0.2, 0.25) is 12.3 Å². The Labute approximate surface area is 232 Å². The van der Waals surface area contributed by atoms with Gasteiger partial charge in [0.15, 0.2) is 0 Å². The van der Waals surface area contributed by atoms with Crippen LogP contribution in [-0.2, 0) is 18.3 Å². The monoisotopic (exact) mass is 528 g/mol. The molecule has 3 heterocycles. The first kappa shape index (κ1) is 25.1. The standard InChI is InChI=1S/C33H28N4O3/c1-36-30(25-13-11-24(12-14-25)23-8-4-3-5-9-23)21-35-33(36)29(20-27-10-6-7-17-34-27)37(22-38)32-19-26-18-28(39-2)15-16-31(26)40-32/h3-19,21-22,29H,20H2,1-2H3. The maximum Gasteiger partial charge on any atom is 0.217 e. The van der Waals surface area contributed by atoms with E-state index in [0.29, 0.717) is 17.9 Å². The van der Waals surface area contributed by atoms with E-state index in [1.54, 1.807) is 18.2 Å². The first-order valence-electron chi connectivity index (χ1n) is 13.0. The molecule has 6 rings (SSSR count). The van der Waals surface area contributed by atoms with Gasteiger partial charge in [0.25, 0.3) is 0 Å². The molecule has 0 fully saturated rings. The number of nitrogens with zero attached hydrogens (tertiary/aromatic N) is 4. The summed E-state index contributed by atoms with van der Waals surface area (Å²) in [5.41, 5.74) is 5.80. The van der Waals surface area contributed by atoms with Crippen LogP contribution in [-0.4, -0.2) is 28.1 Å². The molecule has 1 amide bonds. The number of pyridine rings is 1. The van der Waals surface area contributed by atoms with E-state index in [0.717, 1.165) is 45.9 Å². The summed E-state index contributed by atoms with van der Waals surface area (Å²) < 4.78 is 13.5. The molecule has 0 saturated heterocycles. The maximum absolute atomic E-state index is 12.7. The van der Waals surface area contributed by atoms with E-state index in [4.69, 9.17) is 14.1 Å². The highest BCUT2D eigenvalue weighted by Gasteiger charge is 2.29. The summed E-state index contributed by atoms with van der Waals surface area (Å²) in [6, 6.07) is 31.4. The molecule has 0 N–H and O–H groups in total. The largest absolute Gasteiger partial charge is 0.497 e. The molecule has 40 heavy (non-hydrogen) atoms. The number of anilines is 1. The summed E-state index contributed by atoms with van der Waals surface area (Å²) in [7, 11) is 3.59. The molecule has 0 bridgehead atoms. The Balaban J connectivity index is 1.39. The van der Waals surface area contributed by atoms with Crippen molar-refractivity contribution in [3.8, 4) is 28.1 Å². The lowest BCUT2D eigenvalue weighted by Crippen LogP contribution is -2.31. The minimum Gasteiger partial charge on any atom is -0.497 e. The second-order valence-corrected chi connectivity index (χ2v) is 9.55. The topological polar surface area (TPSA) is 73.4 Å².